The number of carbonyl (C=O) groups is 1. The zero-order chi connectivity index (χ0) is 22.9. The molecule has 0 aliphatic rings. The number of rotatable bonds is 10. The Morgan fingerprint density at radius 3 is 2.42 bits per heavy atom. The van der Waals surface area contributed by atoms with Crippen molar-refractivity contribution in [2.75, 3.05) is 7.11 Å². The molecule has 0 saturated carbocycles. The van der Waals surface area contributed by atoms with Gasteiger partial charge in [0, 0.05) is 24.9 Å². The number of carbonyl (C=O) groups excluding carboxylic acids is 1. The van der Waals surface area contributed by atoms with Crippen LogP contribution in [0.15, 0.2) is 89.5 Å². The fraction of sp³-hybridized carbons (Fsp3) is 0.185. The highest BCUT2D eigenvalue weighted by molar-refractivity contribution is 5.75. The SMILES string of the molecule is COc1ccccc1Oc1ccc(CNC(=O)CCCc2ncc(-c3ccccc3)o2)cc1. The van der Waals surface area contributed by atoms with E-state index in [2.05, 4.69) is 10.3 Å². The van der Waals surface area contributed by atoms with Gasteiger partial charge < -0.3 is 19.2 Å². The number of nitrogens with one attached hydrogen (secondary N) is 1. The smallest absolute Gasteiger partial charge is 0.220 e. The lowest BCUT2D eigenvalue weighted by molar-refractivity contribution is -0.121. The second-order valence-corrected chi connectivity index (χ2v) is 7.51. The van der Waals surface area contributed by atoms with Gasteiger partial charge in [0.05, 0.1) is 13.3 Å². The van der Waals surface area contributed by atoms with Crippen LogP contribution in [-0.2, 0) is 17.8 Å². The van der Waals surface area contributed by atoms with E-state index in [0.717, 1.165) is 16.9 Å². The molecule has 0 atom stereocenters. The van der Waals surface area contributed by atoms with Crippen molar-refractivity contribution in [3.63, 3.8) is 0 Å². The number of oxazole rings is 1. The predicted molar refractivity (Wildman–Crippen MR) is 126 cm³/mol. The minimum absolute atomic E-state index is 0.000752. The van der Waals surface area contributed by atoms with Crippen LogP contribution in [0.4, 0.5) is 0 Å². The van der Waals surface area contributed by atoms with E-state index in [1.807, 2.05) is 78.9 Å². The molecule has 4 aromatic rings. The summed E-state index contributed by atoms with van der Waals surface area (Å²) < 4.78 is 17.0. The fourth-order valence-corrected chi connectivity index (χ4v) is 3.36. The first-order valence-electron chi connectivity index (χ1n) is 10.9. The summed E-state index contributed by atoms with van der Waals surface area (Å²) in [4.78, 5) is 16.5. The molecule has 3 aromatic carbocycles. The van der Waals surface area contributed by atoms with Gasteiger partial charge in [0.2, 0.25) is 5.91 Å². The molecule has 1 heterocycles. The Morgan fingerprint density at radius 2 is 1.67 bits per heavy atom. The Balaban J connectivity index is 1.20. The quantitative estimate of drug-likeness (QED) is 0.337. The lowest BCUT2D eigenvalue weighted by Gasteiger charge is -2.10. The Kier molecular flexibility index (Phi) is 7.38. The minimum atomic E-state index is -0.000752. The van der Waals surface area contributed by atoms with Crippen LogP contribution in [0.3, 0.4) is 0 Å². The summed E-state index contributed by atoms with van der Waals surface area (Å²) in [5, 5.41) is 2.95. The first kappa shape index (κ1) is 22.1. The molecule has 0 unspecified atom stereocenters. The van der Waals surface area contributed by atoms with Gasteiger partial charge in [-0.15, -0.1) is 0 Å². The van der Waals surface area contributed by atoms with Gasteiger partial charge in [-0.05, 0) is 36.2 Å². The van der Waals surface area contributed by atoms with Gasteiger partial charge in [-0.1, -0.05) is 54.6 Å². The number of aromatic nitrogens is 1. The van der Waals surface area contributed by atoms with Crippen LogP contribution in [0.1, 0.15) is 24.3 Å². The summed E-state index contributed by atoms with van der Waals surface area (Å²) in [6.07, 6.45) is 3.44. The van der Waals surface area contributed by atoms with Crippen LogP contribution in [-0.4, -0.2) is 18.0 Å². The highest BCUT2D eigenvalue weighted by atomic mass is 16.5. The van der Waals surface area contributed by atoms with E-state index in [1.165, 1.54) is 0 Å². The maximum atomic E-state index is 12.2. The Morgan fingerprint density at radius 1 is 0.939 bits per heavy atom. The highest BCUT2D eigenvalue weighted by Crippen LogP contribution is 2.30. The number of para-hydroxylation sites is 2. The van der Waals surface area contributed by atoms with Crippen LogP contribution in [0.5, 0.6) is 17.2 Å². The summed E-state index contributed by atoms with van der Waals surface area (Å²) in [6, 6.07) is 25.0. The van der Waals surface area contributed by atoms with Crippen LogP contribution >= 0.6 is 0 Å². The monoisotopic (exact) mass is 442 g/mol. The fourth-order valence-electron chi connectivity index (χ4n) is 3.36. The summed E-state index contributed by atoms with van der Waals surface area (Å²) in [5.41, 5.74) is 1.99. The van der Waals surface area contributed by atoms with Crippen LogP contribution < -0.4 is 14.8 Å². The summed E-state index contributed by atoms with van der Waals surface area (Å²) >= 11 is 0. The van der Waals surface area contributed by atoms with Crippen LogP contribution in [0, 0.1) is 0 Å². The van der Waals surface area contributed by atoms with Gasteiger partial charge in [0.15, 0.2) is 23.1 Å². The van der Waals surface area contributed by atoms with Crippen molar-refractivity contribution in [1.29, 1.82) is 0 Å². The molecule has 0 aliphatic carbocycles. The Bertz CT molecular complexity index is 1170. The molecule has 1 amide bonds. The van der Waals surface area contributed by atoms with Gasteiger partial charge in [0.25, 0.3) is 0 Å². The van der Waals surface area contributed by atoms with E-state index in [4.69, 9.17) is 13.9 Å². The molecule has 1 aromatic heterocycles. The molecule has 0 saturated heterocycles. The molecule has 0 spiro atoms. The van der Waals surface area contributed by atoms with Crippen molar-refractivity contribution < 1.29 is 18.7 Å². The van der Waals surface area contributed by atoms with Crippen molar-refractivity contribution in [2.24, 2.45) is 0 Å². The number of aryl methyl sites for hydroxylation is 1. The summed E-state index contributed by atoms with van der Waals surface area (Å²) in [7, 11) is 1.61. The zero-order valence-corrected chi connectivity index (χ0v) is 18.5. The molecule has 1 N–H and O–H groups in total. The van der Waals surface area contributed by atoms with E-state index in [0.29, 0.717) is 48.9 Å². The number of nitrogens with zero attached hydrogens (tertiary/aromatic N) is 1. The average Bonchev–Trinajstić information content (AvgIpc) is 3.33. The van der Waals surface area contributed by atoms with Crippen molar-refractivity contribution in [2.45, 2.75) is 25.8 Å². The van der Waals surface area contributed by atoms with Gasteiger partial charge in [-0.2, -0.15) is 0 Å². The van der Waals surface area contributed by atoms with Crippen molar-refractivity contribution in [3.05, 3.63) is 96.5 Å². The van der Waals surface area contributed by atoms with E-state index < -0.39 is 0 Å². The lowest BCUT2D eigenvalue weighted by atomic mass is 10.2. The third-order valence-corrected chi connectivity index (χ3v) is 5.12. The second-order valence-electron chi connectivity index (χ2n) is 7.51. The maximum Gasteiger partial charge on any atom is 0.220 e. The predicted octanol–water partition coefficient (Wildman–Crippen LogP) is 5.78. The second kappa shape index (κ2) is 11.0. The molecule has 0 radical (unpaired) electrons. The molecular weight excluding hydrogens is 416 g/mol. The van der Waals surface area contributed by atoms with Crippen molar-refractivity contribution in [1.82, 2.24) is 10.3 Å². The Labute approximate surface area is 193 Å². The van der Waals surface area contributed by atoms with E-state index in [-0.39, 0.29) is 5.91 Å². The molecule has 4 rings (SSSR count). The van der Waals surface area contributed by atoms with Crippen LogP contribution in [0.25, 0.3) is 11.3 Å². The van der Waals surface area contributed by atoms with Gasteiger partial charge in [0.1, 0.15) is 5.75 Å². The first-order valence-corrected chi connectivity index (χ1v) is 10.9. The molecule has 0 aliphatic heterocycles. The molecule has 6 nitrogen and oxygen atoms in total. The number of methoxy groups -OCH3 is 1. The third kappa shape index (κ3) is 6.23. The number of amides is 1. The molecule has 0 fully saturated rings. The normalized spacial score (nSPS) is 10.6. The molecule has 6 heteroatoms. The number of ether oxygens (including phenoxy) is 2. The third-order valence-electron chi connectivity index (χ3n) is 5.12. The van der Waals surface area contributed by atoms with Crippen LogP contribution in [0.2, 0.25) is 0 Å². The van der Waals surface area contributed by atoms with E-state index >= 15 is 0 Å². The summed E-state index contributed by atoms with van der Waals surface area (Å²) in [5.74, 6) is 3.42. The van der Waals surface area contributed by atoms with E-state index in [1.54, 1.807) is 13.3 Å². The highest BCUT2D eigenvalue weighted by Gasteiger charge is 2.08. The van der Waals surface area contributed by atoms with Gasteiger partial charge in [-0.3, -0.25) is 4.79 Å². The minimum Gasteiger partial charge on any atom is -0.493 e. The molecular formula is C27H26N2O4. The van der Waals surface area contributed by atoms with Crippen molar-refractivity contribution in [3.8, 4) is 28.6 Å². The lowest BCUT2D eigenvalue weighted by Crippen LogP contribution is -2.22. The first-order chi connectivity index (χ1) is 16.2. The topological polar surface area (TPSA) is 73.6 Å². The van der Waals surface area contributed by atoms with Crippen molar-refractivity contribution >= 4 is 5.91 Å². The van der Waals surface area contributed by atoms with E-state index in [9.17, 15) is 4.79 Å². The number of benzene rings is 3. The summed E-state index contributed by atoms with van der Waals surface area (Å²) in [6.45, 7) is 0.463. The largest absolute Gasteiger partial charge is 0.493 e. The molecule has 33 heavy (non-hydrogen) atoms. The zero-order valence-electron chi connectivity index (χ0n) is 18.5. The molecule has 0 bridgehead atoms. The number of hydrogen-bond acceptors (Lipinski definition) is 5. The maximum absolute atomic E-state index is 12.2. The standard InChI is InChI=1S/C27H26N2O4/c1-31-23-10-5-6-11-24(23)32-22-16-14-20(15-17-22)18-28-26(30)12-7-13-27-29-19-25(33-27)21-8-3-2-4-9-21/h2-6,8-11,14-17,19H,7,12-13,18H2,1H3,(H,28,30). The molecule has 168 valence electrons. The average molecular weight is 443 g/mol. The number of hydrogen-bond donors (Lipinski definition) is 1. The van der Waals surface area contributed by atoms with Gasteiger partial charge >= 0.3 is 0 Å². The Hall–Kier alpha value is -4.06. The van der Waals surface area contributed by atoms with Gasteiger partial charge in [-0.25, -0.2) is 4.98 Å².